The molecule has 1 aliphatic rings. The summed E-state index contributed by atoms with van der Waals surface area (Å²) in [4.78, 5) is 14.9. The van der Waals surface area contributed by atoms with Crippen molar-refractivity contribution < 1.29 is 4.79 Å². The minimum atomic E-state index is 0.161. The van der Waals surface area contributed by atoms with Gasteiger partial charge in [-0.15, -0.1) is 0 Å². The van der Waals surface area contributed by atoms with E-state index in [1.807, 2.05) is 42.3 Å². The van der Waals surface area contributed by atoms with Crippen LogP contribution in [-0.2, 0) is 11.8 Å². The predicted octanol–water partition coefficient (Wildman–Crippen LogP) is 3.09. The van der Waals surface area contributed by atoms with Gasteiger partial charge in [0.15, 0.2) is 0 Å². The molecule has 1 N–H and O–H groups in total. The molecule has 1 aromatic heterocycles. The van der Waals surface area contributed by atoms with Crippen molar-refractivity contribution in [2.24, 2.45) is 7.05 Å². The number of anilines is 1. The van der Waals surface area contributed by atoms with E-state index in [1.54, 1.807) is 0 Å². The molecule has 3 rings (SSSR count). The van der Waals surface area contributed by atoms with E-state index in [4.69, 9.17) is 0 Å². The summed E-state index contributed by atoms with van der Waals surface area (Å²) in [6, 6.07) is 10.6. The number of hydrogen-bond acceptors (Lipinski definition) is 3. The van der Waals surface area contributed by atoms with E-state index in [1.165, 1.54) is 5.56 Å². The van der Waals surface area contributed by atoms with Gasteiger partial charge >= 0.3 is 0 Å². The molecular formula is C20H28N4O. The molecule has 2 heterocycles. The highest BCUT2D eigenvalue weighted by molar-refractivity contribution is 5.77. The van der Waals surface area contributed by atoms with Gasteiger partial charge in [-0.2, -0.15) is 5.10 Å². The Morgan fingerprint density at radius 3 is 2.84 bits per heavy atom. The normalized spacial score (nSPS) is 18.8. The molecule has 5 nitrogen and oxygen atoms in total. The Kier molecular flexibility index (Phi) is 5.74. The number of aryl methyl sites for hydroxylation is 1. The molecule has 2 atom stereocenters. The summed E-state index contributed by atoms with van der Waals surface area (Å²) in [7, 11) is 1.93. The molecule has 1 aliphatic heterocycles. The van der Waals surface area contributed by atoms with E-state index in [9.17, 15) is 4.79 Å². The fourth-order valence-electron chi connectivity index (χ4n) is 3.63. The molecule has 134 valence electrons. The van der Waals surface area contributed by atoms with E-state index in [0.717, 1.165) is 38.0 Å². The lowest BCUT2D eigenvalue weighted by molar-refractivity contribution is -0.122. The zero-order chi connectivity index (χ0) is 17.6. The molecule has 2 aromatic rings. The van der Waals surface area contributed by atoms with Crippen LogP contribution >= 0.6 is 0 Å². The number of benzene rings is 1. The second kappa shape index (κ2) is 8.19. The molecule has 1 fully saturated rings. The summed E-state index contributed by atoms with van der Waals surface area (Å²) < 4.78 is 1.82. The highest BCUT2D eigenvalue weighted by Gasteiger charge is 2.23. The van der Waals surface area contributed by atoms with Gasteiger partial charge in [-0.3, -0.25) is 9.48 Å². The minimum Gasteiger partial charge on any atom is -0.367 e. The average Bonchev–Trinajstić information content (AvgIpc) is 3.07. The number of hydrogen-bond donors (Lipinski definition) is 1. The Morgan fingerprint density at radius 1 is 1.36 bits per heavy atom. The SMILES string of the molecule is CCC(CC(=O)NC1CCCN(c2cnn(C)c2)C1)c1ccccc1. The molecule has 0 radical (unpaired) electrons. The number of piperidine rings is 1. The Bertz CT molecular complexity index is 682. The van der Waals surface area contributed by atoms with Crippen LogP contribution in [0.1, 0.15) is 44.1 Å². The summed E-state index contributed by atoms with van der Waals surface area (Å²) in [6.07, 6.45) is 7.60. The predicted molar refractivity (Wildman–Crippen MR) is 101 cm³/mol. The third kappa shape index (κ3) is 4.62. The van der Waals surface area contributed by atoms with E-state index in [-0.39, 0.29) is 11.9 Å². The number of carbonyl (C=O) groups excluding carboxylic acids is 1. The lowest BCUT2D eigenvalue weighted by atomic mass is 9.92. The van der Waals surface area contributed by atoms with Crippen molar-refractivity contribution in [3.8, 4) is 0 Å². The highest BCUT2D eigenvalue weighted by atomic mass is 16.1. The van der Waals surface area contributed by atoms with Crippen molar-refractivity contribution in [2.45, 2.75) is 44.6 Å². The van der Waals surface area contributed by atoms with E-state index in [0.29, 0.717) is 12.3 Å². The first-order valence-corrected chi connectivity index (χ1v) is 9.23. The van der Waals surface area contributed by atoms with Crippen molar-refractivity contribution in [3.05, 3.63) is 48.3 Å². The van der Waals surface area contributed by atoms with Crippen LogP contribution in [0.4, 0.5) is 5.69 Å². The summed E-state index contributed by atoms with van der Waals surface area (Å²) in [6.45, 7) is 4.04. The van der Waals surface area contributed by atoms with Crippen molar-refractivity contribution in [2.75, 3.05) is 18.0 Å². The lowest BCUT2D eigenvalue weighted by Gasteiger charge is -2.34. The molecule has 1 aromatic carbocycles. The van der Waals surface area contributed by atoms with Crippen molar-refractivity contribution in [3.63, 3.8) is 0 Å². The largest absolute Gasteiger partial charge is 0.367 e. The standard InChI is InChI=1S/C20H28N4O/c1-3-16(17-8-5-4-6-9-17)12-20(25)22-18-10-7-11-24(14-18)19-13-21-23(2)15-19/h4-6,8-9,13,15-16,18H,3,7,10-12,14H2,1-2H3,(H,22,25). The first-order valence-electron chi connectivity index (χ1n) is 9.23. The third-order valence-electron chi connectivity index (χ3n) is 5.04. The van der Waals surface area contributed by atoms with Gasteiger partial charge in [-0.1, -0.05) is 37.3 Å². The van der Waals surface area contributed by atoms with Gasteiger partial charge in [0.2, 0.25) is 5.91 Å². The molecule has 0 aliphatic carbocycles. The van der Waals surface area contributed by atoms with Crippen LogP contribution in [-0.4, -0.2) is 34.8 Å². The molecule has 0 bridgehead atoms. The van der Waals surface area contributed by atoms with Gasteiger partial charge in [0.25, 0.3) is 0 Å². The fraction of sp³-hybridized carbons (Fsp3) is 0.500. The minimum absolute atomic E-state index is 0.161. The quantitative estimate of drug-likeness (QED) is 0.879. The van der Waals surface area contributed by atoms with Crippen molar-refractivity contribution >= 4 is 11.6 Å². The Morgan fingerprint density at radius 2 is 2.16 bits per heavy atom. The highest BCUT2D eigenvalue weighted by Crippen LogP contribution is 2.23. The molecule has 25 heavy (non-hydrogen) atoms. The Hall–Kier alpha value is -2.30. The zero-order valence-electron chi connectivity index (χ0n) is 15.2. The van der Waals surface area contributed by atoms with Crippen LogP contribution in [0.3, 0.4) is 0 Å². The molecule has 0 spiro atoms. The molecule has 1 amide bonds. The van der Waals surface area contributed by atoms with Gasteiger partial charge in [0, 0.05) is 38.8 Å². The summed E-state index contributed by atoms with van der Waals surface area (Å²) >= 11 is 0. The third-order valence-corrected chi connectivity index (χ3v) is 5.04. The van der Waals surface area contributed by atoms with Crippen molar-refractivity contribution in [1.29, 1.82) is 0 Å². The van der Waals surface area contributed by atoms with Gasteiger partial charge in [-0.25, -0.2) is 0 Å². The summed E-state index contributed by atoms with van der Waals surface area (Å²) in [5.41, 5.74) is 2.39. The van der Waals surface area contributed by atoms with Gasteiger partial charge < -0.3 is 10.2 Å². The maximum absolute atomic E-state index is 12.6. The molecule has 0 saturated carbocycles. The van der Waals surface area contributed by atoms with Gasteiger partial charge in [0.05, 0.1) is 11.9 Å². The van der Waals surface area contributed by atoms with Gasteiger partial charge in [-0.05, 0) is 30.7 Å². The number of amides is 1. The van der Waals surface area contributed by atoms with E-state index in [2.05, 4.69) is 34.4 Å². The second-order valence-corrected chi connectivity index (χ2v) is 6.94. The lowest BCUT2D eigenvalue weighted by Crippen LogP contribution is -2.48. The smallest absolute Gasteiger partial charge is 0.220 e. The van der Waals surface area contributed by atoms with Crippen LogP contribution in [0.2, 0.25) is 0 Å². The van der Waals surface area contributed by atoms with Crippen molar-refractivity contribution in [1.82, 2.24) is 15.1 Å². The number of aromatic nitrogens is 2. The maximum Gasteiger partial charge on any atom is 0.220 e. The monoisotopic (exact) mass is 340 g/mol. The number of rotatable bonds is 6. The van der Waals surface area contributed by atoms with Crippen LogP contribution in [0.15, 0.2) is 42.7 Å². The Balaban J connectivity index is 1.55. The van der Waals surface area contributed by atoms with Crippen LogP contribution < -0.4 is 10.2 Å². The first-order chi connectivity index (χ1) is 12.2. The molecule has 2 unspecified atom stereocenters. The number of nitrogens with one attached hydrogen (secondary N) is 1. The number of nitrogens with zero attached hydrogens (tertiary/aromatic N) is 3. The summed E-state index contributed by atoms with van der Waals surface area (Å²) in [5.74, 6) is 0.452. The molecule has 1 saturated heterocycles. The fourth-order valence-corrected chi connectivity index (χ4v) is 3.63. The number of carbonyl (C=O) groups is 1. The maximum atomic E-state index is 12.6. The first kappa shape index (κ1) is 17.5. The summed E-state index contributed by atoms with van der Waals surface area (Å²) in [5, 5.41) is 7.50. The average molecular weight is 340 g/mol. The van der Waals surface area contributed by atoms with Crippen LogP contribution in [0.25, 0.3) is 0 Å². The van der Waals surface area contributed by atoms with Crippen LogP contribution in [0, 0.1) is 0 Å². The van der Waals surface area contributed by atoms with E-state index < -0.39 is 0 Å². The second-order valence-electron chi connectivity index (χ2n) is 6.94. The van der Waals surface area contributed by atoms with Crippen LogP contribution in [0.5, 0.6) is 0 Å². The Labute approximate surface area is 150 Å². The molecule has 5 heteroatoms. The molecular weight excluding hydrogens is 312 g/mol. The van der Waals surface area contributed by atoms with E-state index >= 15 is 0 Å². The van der Waals surface area contributed by atoms with Gasteiger partial charge in [0.1, 0.15) is 0 Å². The topological polar surface area (TPSA) is 50.2 Å². The zero-order valence-corrected chi connectivity index (χ0v) is 15.2.